The third kappa shape index (κ3) is 3.32. The number of ether oxygens (including phenoxy) is 1. The van der Waals surface area contributed by atoms with Gasteiger partial charge in [-0.2, -0.15) is 26.3 Å². The summed E-state index contributed by atoms with van der Waals surface area (Å²) in [4.78, 5) is 3.29. The van der Waals surface area contributed by atoms with Crippen LogP contribution in [0.15, 0.2) is 36.4 Å². The van der Waals surface area contributed by atoms with Crippen LogP contribution in [0.2, 0.25) is 0 Å². The summed E-state index contributed by atoms with van der Waals surface area (Å²) in [5, 5.41) is 0. The van der Waals surface area contributed by atoms with Crippen LogP contribution in [0.1, 0.15) is 11.3 Å². The molecule has 1 aromatic heterocycles. The maximum Gasteiger partial charge on any atom is 0.433 e. The Kier molecular flexibility index (Phi) is 4.04. The van der Waals surface area contributed by atoms with Gasteiger partial charge in [0.2, 0.25) is 0 Å². The van der Waals surface area contributed by atoms with Crippen LogP contribution < -0.4 is 4.74 Å². The van der Waals surface area contributed by atoms with Gasteiger partial charge in [0.25, 0.3) is 0 Å². The summed E-state index contributed by atoms with van der Waals surface area (Å²) in [5.41, 5.74) is -3.29. The van der Waals surface area contributed by atoms with E-state index in [0.717, 1.165) is 31.4 Å². The third-order valence-electron chi connectivity index (χ3n) is 2.83. The molecule has 0 atom stereocenters. The van der Waals surface area contributed by atoms with E-state index in [1.165, 1.54) is 6.07 Å². The van der Waals surface area contributed by atoms with Crippen molar-refractivity contribution in [1.82, 2.24) is 4.98 Å². The highest BCUT2D eigenvalue weighted by Gasteiger charge is 2.36. The normalized spacial score (nSPS) is 12.3. The molecule has 8 heteroatoms. The molecule has 0 aliphatic heterocycles. The number of nitrogens with zero attached hydrogens (tertiary/aromatic N) is 1. The quantitative estimate of drug-likeness (QED) is 0.742. The summed E-state index contributed by atoms with van der Waals surface area (Å²) in [7, 11) is 1.12. The van der Waals surface area contributed by atoms with Crippen LogP contribution in [0, 0.1) is 0 Å². The lowest BCUT2D eigenvalue weighted by atomic mass is 10.0. The number of hydrogen-bond donors (Lipinski definition) is 0. The maximum absolute atomic E-state index is 13.0. The summed E-state index contributed by atoms with van der Waals surface area (Å²) < 4.78 is 82.0. The SMILES string of the molecule is COc1cc(-c2ccccc2C(F)(F)F)nc(C(F)(F)F)c1. The number of benzene rings is 1. The summed E-state index contributed by atoms with van der Waals surface area (Å²) in [6.45, 7) is 0. The molecule has 2 rings (SSSR count). The second-order valence-corrected chi connectivity index (χ2v) is 4.32. The molecule has 118 valence electrons. The van der Waals surface area contributed by atoms with Crippen molar-refractivity contribution in [2.45, 2.75) is 12.4 Å². The molecule has 0 bridgehead atoms. The monoisotopic (exact) mass is 321 g/mol. The van der Waals surface area contributed by atoms with Crippen LogP contribution in [0.3, 0.4) is 0 Å². The molecule has 0 unspecified atom stereocenters. The van der Waals surface area contributed by atoms with Crippen LogP contribution in [-0.4, -0.2) is 12.1 Å². The maximum atomic E-state index is 13.0. The van der Waals surface area contributed by atoms with Gasteiger partial charge in [-0.15, -0.1) is 0 Å². The highest BCUT2D eigenvalue weighted by Crippen LogP contribution is 2.38. The number of pyridine rings is 1. The second-order valence-electron chi connectivity index (χ2n) is 4.32. The van der Waals surface area contributed by atoms with Gasteiger partial charge in [-0.05, 0) is 6.07 Å². The second kappa shape index (κ2) is 5.51. The van der Waals surface area contributed by atoms with Gasteiger partial charge in [0.1, 0.15) is 11.4 Å². The van der Waals surface area contributed by atoms with Gasteiger partial charge in [0.15, 0.2) is 0 Å². The van der Waals surface area contributed by atoms with Crippen LogP contribution >= 0.6 is 0 Å². The minimum absolute atomic E-state index is 0.227. The van der Waals surface area contributed by atoms with E-state index in [9.17, 15) is 26.3 Å². The average molecular weight is 321 g/mol. The van der Waals surface area contributed by atoms with Crippen molar-refractivity contribution in [3.8, 4) is 17.0 Å². The van der Waals surface area contributed by atoms with E-state index in [1.54, 1.807) is 0 Å². The van der Waals surface area contributed by atoms with Crippen LogP contribution in [0.25, 0.3) is 11.3 Å². The zero-order chi connectivity index (χ0) is 16.5. The molecule has 2 nitrogen and oxygen atoms in total. The van der Waals surface area contributed by atoms with Gasteiger partial charge in [-0.1, -0.05) is 18.2 Å². The molecule has 0 saturated heterocycles. The first-order valence-corrected chi connectivity index (χ1v) is 5.93. The Labute approximate surface area is 121 Å². The molecule has 0 spiro atoms. The molecule has 0 aliphatic rings. The number of aromatic nitrogens is 1. The van der Waals surface area contributed by atoms with Crippen LogP contribution in [-0.2, 0) is 12.4 Å². The lowest BCUT2D eigenvalue weighted by Crippen LogP contribution is -2.11. The molecule has 0 aliphatic carbocycles. The molecular formula is C14H9F6NO. The van der Waals surface area contributed by atoms with Crippen molar-refractivity contribution in [2.75, 3.05) is 7.11 Å². The van der Waals surface area contributed by atoms with Gasteiger partial charge in [0, 0.05) is 17.7 Å². The van der Waals surface area contributed by atoms with E-state index in [-0.39, 0.29) is 5.75 Å². The fourth-order valence-corrected chi connectivity index (χ4v) is 1.86. The minimum atomic E-state index is -4.80. The summed E-state index contributed by atoms with van der Waals surface area (Å²) >= 11 is 0. The highest BCUT2D eigenvalue weighted by atomic mass is 19.4. The highest BCUT2D eigenvalue weighted by molar-refractivity contribution is 5.66. The zero-order valence-electron chi connectivity index (χ0n) is 11.1. The smallest absolute Gasteiger partial charge is 0.433 e. The number of hydrogen-bond acceptors (Lipinski definition) is 2. The van der Waals surface area contributed by atoms with Crippen LogP contribution in [0.4, 0.5) is 26.3 Å². The van der Waals surface area contributed by atoms with Gasteiger partial charge >= 0.3 is 12.4 Å². The van der Waals surface area contributed by atoms with E-state index >= 15 is 0 Å². The molecule has 1 heterocycles. The molecule has 22 heavy (non-hydrogen) atoms. The van der Waals surface area contributed by atoms with Gasteiger partial charge in [-0.3, -0.25) is 0 Å². The Hall–Kier alpha value is -2.25. The Balaban J connectivity index is 2.68. The van der Waals surface area contributed by atoms with E-state index < -0.39 is 34.9 Å². The molecule has 0 fully saturated rings. The predicted octanol–water partition coefficient (Wildman–Crippen LogP) is 4.79. The average Bonchev–Trinajstić information content (AvgIpc) is 2.45. The standard InChI is InChI=1S/C14H9F6NO/c1-22-8-6-11(21-12(7-8)14(18,19)20)9-4-2-3-5-10(9)13(15,16)17/h2-7H,1H3. The van der Waals surface area contributed by atoms with Crippen molar-refractivity contribution in [1.29, 1.82) is 0 Å². The summed E-state index contributed by atoms with van der Waals surface area (Å²) in [6.07, 6.45) is -9.50. The minimum Gasteiger partial charge on any atom is -0.497 e. The number of halogens is 6. The van der Waals surface area contributed by atoms with Crippen LogP contribution in [0.5, 0.6) is 5.75 Å². The molecule has 0 amide bonds. The molecule has 2 aromatic rings. The first-order chi connectivity index (χ1) is 10.1. The van der Waals surface area contributed by atoms with Gasteiger partial charge < -0.3 is 4.74 Å². The third-order valence-corrected chi connectivity index (χ3v) is 2.83. The Morgan fingerprint density at radius 3 is 2.09 bits per heavy atom. The summed E-state index contributed by atoms with van der Waals surface area (Å²) in [5.74, 6) is -0.227. The zero-order valence-corrected chi connectivity index (χ0v) is 11.1. The molecule has 0 N–H and O–H groups in total. The largest absolute Gasteiger partial charge is 0.497 e. The lowest BCUT2D eigenvalue weighted by molar-refractivity contribution is -0.141. The molecule has 0 saturated carbocycles. The summed E-state index contributed by atoms with van der Waals surface area (Å²) in [6, 6.07) is 5.93. The predicted molar refractivity (Wildman–Crippen MR) is 66.2 cm³/mol. The van der Waals surface area contributed by atoms with Crippen molar-refractivity contribution >= 4 is 0 Å². The van der Waals surface area contributed by atoms with Crippen molar-refractivity contribution < 1.29 is 31.1 Å². The number of rotatable bonds is 2. The van der Waals surface area contributed by atoms with E-state index in [2.05, 4.69) is 4.98 Å². The van der Waals surface area contributed by atoms with Gasteiger partial charge in [0.05, 0.1) is 18.4 Å². The lowest BCUT2D eigenvalue weighted by Gasteiger charge is -2.15. The van der Waals surface area contributed by atoms with E-state index in [1.807, 2.05) is 0 Å². The Morgan fingerprint density at radius 1 is 0.909 bits per heavy atom. The van der Waals surface area contributed by atoms with Crippen molar-refractivity contribution in [3.63, 3.8) is 0 Å². The number of methoxy groups -OCH3 is 1. The first kappa shape index (κ1) is 16.1. The van der Waals surface area contributed by atoms with E-state index in [4.69, 9.17) is 4.74 Å². The fraction of sp³-hybridized carbons (Fsp3) is 0.214. The van der Waals surface area contributed by atoms with Crippen molar-refractivity contribution in [2.24, 2.45) is 0 Å². The van der Waals surface area contributed by atoms with Crippen molar-refractivity contribution in [3.05, 3.63) is 47.7 Å². The number of alkyl halides is 6. The molecule has 1 aromatic carbocycles. The molecule has 0 radical (unpaired) electrons. The Bertz CT molecular complexity index is 678. The first-order valence-electron chi connectivity index (χ1n) is 5.93. The van der Waals surface area contributed by atoms with E-state index in [0.29, 0.717) is 6.07 Å². The fourth-order valence-electron chi connectivity index (χ4n) is 1.86. The Morgan fingerprint density at radius 2 is 1.55 bits per heavy atom. The molecular weight excluding hydrogens is 312 g/mol. The topological polar surface area (TPSA) is 22.1 Å². The van der Waals surface area contributed by atoms with Gasteiger partial charge in [-0.25, -0.2) is 4.98 Å².